The molecule has 124 valence electrons. The highest BCUT2D eigenvalue weighted by molar-refractivity contribution is 6.65. The van der Waals surface area contributed by atoms with Crippen LogP contribution in [0.4, 0.5) is 0 Å². The molecule has 6 rings (SSSR count). The van der Waals surface area contributed by atoms with Crippen LogP contribution in [0.5, 0.6) is 0 Å². The van der Waals surface area contributed by atoms with E-state index >= 15 is 0 Å². The van der Waals surface area contributed by atoms with Crippen molar-refractivity contribution in [2.45, 2.75) is 38.5 Å². The Labute approximate surface area is 162 Å². The quantitative estimate of drug-likeness (QED) is 0.415. The summed E-state index contributed by atoms with van der Waals surface area (Å²) in [6.45, 7) is 0. The standard InChI is InChI=1S/C15H10Cl6O2/c16-11-12(17)14(19)8-7(13(11,18)15(14,20)21)9-5-3-1-2-4(22-3)6(5)10(8)23-9/h1-10H/t3-,4+,5+,6-,7-,8+,9+,10-,13+,14-. The minimum atomic E-state index is -1.47. The number of halogens is 6. The van der Waals surface area contributed by atoms with Gasteiger partial charge >= 0.3 is 0 Å². The molecule has 2 aliphatic carbocycles. The van der Waals surface area contributed by atoms with Crippen LogP contribution in [0.25, 0.3) is 0 Å². The molecule has 2 nitrogen and oxygen atoms in total. The Morgan fingerprint density at radius 3 is 1.61 bits per heavy atom. The lowest BCUT2D eigenvalue weighted by molar-refractivity contribution is 0.000562. The second kappa shape index (κ2) is 4.02. The van der Waals surface area contributed by atoms with Crippen LogP contribution in [0.1, 0.15) is 0 Å². The van der Waals surface area contributed by atoms with Gasteiger partial charge in [-0.2, -0.15) is 0 Å². The average Bonchev–Trinajstić information content (AvgIpc) is 3.28. The van der Waals surface area contributed by atoms with Crippen molar-refractivity contribution >= 4 is 69.6 Å². The zero-order valence-corrected chi connectivity index (χ0v) is 15.9. The van der Waals surface area contributed by atoms with E-state index in [-0.39, 0.29) is 58.2 Å². The summed E-state index contributed by atoms with van der Waals surface area (Å²) in [5.41, 5.74) is 0. The van der Waals surface area contributed by atoms with Crippen LogP contribution >= 0.6 is 69.6 Å². The molecule has 4 aliphatic heterocycles. The Balaban J connectivity index is 1.58. The van der Waals surface area contributed by atoms with Crippen LogP contribution in [0.3, 0.4) is 0 Å². The van der Waals surface area contributed by atoms with Crippen molar-refractivity contribution < 1.29 is 9.47 Å². The van der Waals surface area contributed by atoms with E-state index in [2.05, 4.69) is 12.2 Å². The maximum Gasteiger partial charge on any atom is 0.167 e. The molecule has 0 unspecified atom stereocenters. The molecule has 10 atom stereocenters. The minimum Gasteiger partial charge on any atom is -0.373 e. The monoisotopic (exact) mass is 432 g/mol. The molecular formula is C15H10Cl6O2. The molecule has 6 bridgehead atoms. The van der Waals surface area contributed by atoms with E-state index in [1.807, 2.05) is 0 Å². The smallest absolute Gasteiger partial charge is 0.167 e. The van der Waals surface area contributed by atoms with Gasteiger partial charge in [0.25, 0.3) is 0 Å². The van der Waals surface area contributed by atoms with Gasteiger partial charge in [0.15, 0.2) is 4.33 Å². The van der Waals surface area contributed by atoms with Crippen LogP contribution in [0.15, 0.2) is 22.2 Å². The van der Waals surface area contributed by atoms with Gasteiger partial charge in [-0.05, 0) is 0 Å². The van der Waals surface area contributed by atoms with Gasteiger partial charge in [0.2, 0.25) is 0 Å². The molecule has 0 radical (unpaired) electrons. The maximum atomic E-state index is 6.95. The van der Waals surface area contributed by atoms with E-state index < -0.39 is 14.1 Å². The summed E-state index contributed by atoms with van der Waals surface area (Å²) < 4.78 is 10.9. The Hall–Kier alpha value is 1.14. The third kappa shape index (κ3) is 1.22. The Morgan fingerprint density at radius 1 is 0.739 bits per heavy atom. The van der Waals surface area contributed by atoms with E-state index in [9.17, 15) is 0 Å². The highest BCUT2D eigenvalue weighted by Gasteiger charge is 2.89. The van der Waals surface area contributed by atoms with Gasteiger partial charge in [-0.25, -0.2) is 0 Å². The molecule has 23 heavy (non-hydrogen) atoms. The average molecular weight is 435 g/mol. The number of allylic oxidation sites excluding steroid dienone is 2. The second-order valence-corrected chi connectivity index (χ2v) is 10.6. The van der Waals surface area contributed by atoms with Crippen molar-refractivity contribution in [1.82, 2.24) is 0 Å². The zero-order valence-electron chi connectivity index (χ0n) is 11.4. The highest BCUT2D eigenvalue weighted by Crippen LogP contribution is 2.82. The predicted octanol–water partition coefficient (Wildman–Crippen LogP) is 4.41. The summed E-state index contributed by atoms with van der Waals surface area (Å²) in [6.07, 6.45) is 4.09. The Morgan fingerprint density at radius 2 is 1.17 bits per heavy atom. The number of alkyl halides is 4. The van der Waals surface area contributed by atoms with E-state index in [1.165, 1.54) is 0 Å². The van der Waals surface area contributed by atoms with Gasteiger partial charge in [-0.15, -0.1) is 23.2 Å². The maximum absolute atomic E-state index is 6.95. The lowest BCUT2D eigenvalue weighted by Gasteiger charge is -2.42. The number of fused-ring (bicyclic) bond motifs is 16. The molecule has 6 aliphatic rings. The van der Waals surface area contributed by atoms with E-state index in [1.54, 1.807) is 0 Å². The molecule has 0 amide bonds. The number of rotatable bonds is 0. The van der Waals surface area contributed by atoms with Crippen molar-refractivity contribution in [1.29, 1.82) is 0 Å². The van der Waals surface area contributed by atoms with Crippen molar-refractivity contribution in [3.63, 3.8) is 0 Å². The first-order valence-corrected chi connectivity index (χ1v) is 9.84. The molecule has 0 N–H and O–H groups in total. The lowest BCUT2D eigenvalue weighted by atomic mass is 9.62. The van der Waals surface area contributed by atoms with E-state index in [0.717, 1.165) is 0 Å². The SMILES string of the molecule is ClC1=C(Cl)[C@]2(Cl)[C@@H]3[C@@H]4O[C@@H]([C@@H]5[C@H]4[C@@H]4C=C[C@H]5O4)[C@@H]3[C@@]1(Cl)C2(Cl)Cl. The van der Waals surface area contributed by atoms with Crippen molar-refractivity contribution in [3.8, 4) is 0 Å². The molecule has 0 aromatic heterocycles. The summed E-state index contributed by atoms with van der Waals surface area (Å²) in [4.78, 5) is -2.45. The van der Waals surface area contributed by atoms with Crippen LogP contribution in [-0.2, 0) is 9.47 Å². The third-order valence-corrected chi connectivity index (χ3v) is 11.1. The number of hydrogen-bond acceptors (Lipinski definition) is 2. The molecule has 4 fully saturated rings. The first-order valence-electron chi connectivity index (χ1n) is 7.57. The van der Waals surface area contributed by atoms with Gasteiger partial charge in [0.05, 0.1) is 34.5 Å². The Bertz CT molecular complexity index is 667. The topological polar surface area (TPSA) is 18.5 Å². The summed E-state index contributed by atoms with van der Waals surface area (Å²) in [7, 11) is 0. The molecule has 0 aromatic rings. The van der Waals surface area contributed by atoms with Crippen LogP contribution in [0, 0.1) is 23.7 Å². The summed E-state index contributed by atoms with van der Waals surface area (Å²) in [5.74, 6) is 0.154. The Kier molecular flexibility index (Phi) is 2.66. The van der Waals surface area contributed by atoms with Crippen molar-refractivity contribution in [2.24, 2.45) is 23.7 Å². The molecule has 3 saturated heterocycles. The second-order valence-electron chi connectivity index (χ2n) is 7.35. The summed E-state index contributed by atoms with van der Waals surface area (Å²) in [5, 5.41) is 0.517. The highest BCUT2D eigenvalue weighted by atomic mass is 35.5. The van der Waals surface area contributed by atoms with Gasteiger partial charge < -0.3 is 9.47 Å². The normalized spacial score (nSPS) is 65.8. The number of ether oxygens (including phenoxy) is 2. The predicted molar refractivity (Wildman–Crippen MR) is 90.8 cm³/mol. The van der Waals surface area contributed by atoms with Gasteiger partial charge in [-0.3, -0.25) is 0 Å². The van der Waals surface area contributed by atoms with E-state index in [4.69, 9.17) is 79.1 Å². The summed E-state index contributed by atoms with van der Waals surface area (Å²) >= 11 is 40.2. The van der Waals surface area contributed by atoms with Crippen LogP contribution < -0.4 is 0 Å². The zero-order chi connectivity index (χ0) is 16.1. The summed E-state index contributed by atoms with van der Waals surface area (Å²) in [6, 6.07) is 0. The van der Waals surface area contributed by atoms with Gasteiger partial charge in [0.1, 0.15) is 9.75 Å². The number of hydrogen-bond donors (Lipinski definition) is 0. The fourth-order valence-corrected chi connectivity index (χ4v) is 9.18. The van der Waals surface area contributed by atoms with E-state index in [0.29, 0.717) is 0 Å². The largest absolute Gasteiger partial charge is 0.373 e. The fraction of sp³-hybridized carbons (Fsp3) is 0.733. The van der Waals surface area contributed by atoms with Crippen LogP contribution in [0.2, 0.25) is 0 Å². The van der Waals surface area contributed by atoms with Crippen molar-refractivity contribution in [3.05, 3.63) is 22.2 Å². The minimum absolute atomic E-state index is 0.0601. The lowest BCUT2D eigenvalue weighted by Crippen LogP contribution is -2.51. The molecule has 8 heteroatoms. The fourth-order valence-electron chi connectivity index (χ4n) is 6.12. The molecule has 1 saturated carbocycles. The molecular weight excluding hydrogens is 425 g/mol. The first kappa shape index (κ1) is 15.2. The first-order chi connectivity index (χ1) is 10.8. The molecule has 4 heterocycles. The third-order valence-electron chi connectivity index (χ3n) is 6.84. The molecule has 0 spiro atoms. The molecule has 0 aromatic carbocycles. The van der Waals surface area contributed by atoms with Gasteiger partial charge in [0, 0.05) is 23.7 Å². The van der Waals surface area contributed by atoms with Crippen LogP contribution in [-0.4, -0.2) is 38.5 Å². The van der Waals surface area contributed by atoms with Crippen molar-refractivity contribution in [2.75, 3.05) is 0 Å². The van der Waals surface area contributed by atoms with Gasteiger partial charge in [-0.1, -0.05) is 58.6 Å².